The molecule has 0 aromatic heterocycles. The number of hydrogen-bond acceptors (Lipinski definition) is 4. The molecule has 0 heterocycles. The standard InChI is InChI=1S/C16H26FNO3/c1-16(2,20-4)7-9-21-15-6-5-13(11-14(15)17)12-18-8-10-19-3/h5-6,11,18H,7-10,12H2,1-4H3. The Morgan fingerprint density at radius 3 is 2.57 bits per heavy atom. The lowest BCUT2D eigenvalue weighted by Gasteiger charge is -2.22. The molecule has 1 N–H and O–H groups in total. The van der Waals surface area contributed by atoms with Gasteiger partial charge in [-0.1, -0.05) is 6.07 Å². The van der Waals surface area contributed by atoms with Gasteiger partial charge in [0.15, 0.2) is 11.6 Å². The Labute approximate surface area is 126 Å². The Morgan fingerprint density at radius 2 is 1.95 bits per heavy atom. The molecule has 0 unspecified atom stereocenters. The SMILES string of the molecule is COCCNCc1ccc(OCCC(C)(C)OC)c(F)c1. The molecule has 1 aromatic rings. The normalized spacial score (nSPS) is 11.7. The molecule has 120 valence electrons. The quantitative estimate of drug-likeness (QED) is 0.674. The highest BCUT2D eigenvalue weighted by atomic mass is 19.1. The van der Waals surface area contributed by atoms with E-state index in [9.17, 15) is 4.39 Å². The molecule has 0 spiro atoms. The van der Waals surface area contributed by atoms with Crippen molar-refractivity contribution in [1.29, 1.82) is 0 Å². The summed E-state index contributed by atoms with van der Waals surface area (Å²) in [7, 11) is 3.31. The zero-order valence-electron chi connectivity index (χ0n) is 13.4. The van der Waals surface area contributed by atoms with E-state index in [0.717, 1.165) is 12.1 Å². The maximum Gasteiger partial charge on any atom is 0.165 e. The molecule has 0 saturated heterocycles. The second-order valence-corrected chi connectivity index (χ2v) is 5.50. The summed E-state index contributed by atoms with van der Waals surface area (Å²) in [5, 5.41) is 3.17. The van der Waals surface area contributed by atoms with Gasteiger partial charge in [-0.2, -0.15) is 0 Å². The third-order valence-electron chi connectivity index (χ3n) is 3.32. The van der Waals surface area contributed by atoms with Gasteiger partial charge in [-0.25, -0.2) is 4.39 Å². The average Bonchev–Trinajstić information content (AvgIpc) is 2.46. The summed E-state index contributed by atoms with van der Waals surface area (Å²) in [5.74, 6) is -0.0567. The smallest absolute Gasteiger partial charge is 0.165 e. The predicted molar refractivity (Wildman–Crippen MR) is 81.2 cm³/mol. The lowest BCUT2D eigenvalue weighted by molar-refractivity contribution is 0.00513. The Balaban J connectivity index is 2.43. The molecule has 5 heteroatoms. The fourth-order valence-corrected chi connectivity index (χ4v) is 1.69. The third-order valence-corrected chi connectivity index (χ3v) is 3.32. The molecule has 0 fully saturated rings. The number of ether oxygens (including phenoxy) is 3. The summed E-state index contributed by atoms with van der Waals surface area (Å²) >= 11 is 0. The van der Waals surface area contributed by atoms with Crippen LogP contribution in [-0.4, -0.2) is 39.6 Å². The second-order valence-electron chi connectivity index (χ2n) is 5.50. The zero-order valence-corrected chi connectivity index (χ0v) is 13.4. The minimum atomic E-state index is -0.337. The van der Waals surface area contributed by atoms with Crippen molar-refractivity contribution in [2.75, 3.05) is 34.0 Å². The van der Waals surface area contributed by atoms with Gasteiger partial charge in [-0.15, -0.1) is 0 Å². The van der Waals surface area contributed by atoms with Crippen LogP contribution in [0.1, 0.15) is 25.8 Å². The van der Waals surface area contributed by atoms with Gasteiger partial charge in [0.2, 0.25) is 0 Å². The number of benzene rings is 1. The summed E-state index contributed by atoms with van der Waals surface area (Å²) in [5.41, 5.74) is 0.620. The number of hydrogen-bond donors (Lipinski definition) is 1. The van der Waals surface area contributed by atoms with Gasteiger partial charge in [0.25, 0.3) is 0 Å². The van der Waals surface area contributed by atoms with Crippen LogP contribution in [-0.2, 0) is 16.0 Å². The molecule has 1 aromatic carbocycles. The van der Waals surface area contributed by atoms with Crippen LogP contribution < -0.4 is 10.1 Å². The molecule has 1 rings (SSSR count). The van der Waals surface area contributed by atoms with E-state index in [1.165, 1.54) is 6.07 Å². The second kappa shape index (κ2) is 8.97. The van der Waals surface area contributed by atoms with Crippen LogP contribution in [0, 0.1) is 5.82 Å². The minimum Gasteiger partial charge on any atom is -0.490 e. The highest BCUT2D eigenvalue weighted by molar-refractivity contribution is 5.29. The van der Waals surface area contributed by atoms with Crippen LogP contribution in [0.5, 0.6) is 5.75 Å². The lowest BCUT2D eigenvalue weighted by Crippen LogP contribution is -2.25. The Morgan fingerprint density at radius 1 is 1.19 bits per heavy atom. The topological polar surface area (TPSA) is 39.7 Å². The van der Waals surface area contributed by atoms with Gasteiger partial charge in [0.1, 0.15) is 0 Å². The van der Waals surface area contributed by atoms with Crippen LogP contribution in [0.2, 0.25) is 0 Å². The van der Waals surface area contributed by atoms with E-state index in [4.69, 9.17) is 14.2 Å². The van der Waals surface area contributed by atoms with E-state index in [2.05, 4.69) is 5.32 Å². The van der Waals surface area contributed by atoms with E-state index in [1.54, 1.807) is 20.3 Å². The van der Waals surface area contributed by atoms with Gasteiger partial charge in [0.05, 0.1) is 18.8 Å². The zero-order chi connectivity index (χ0) is 15.7. The highest BCUT2D eigenvalue weighted by Gasteiger charge is 2.16. The lowest BCUT2D eigenvalue weighted by atomic mass is 10.1. The van der Waals surface area contributed by atoms with Crippen molar-refractivity contribution >= 4 is 0 Å². The molecule has 0 atom stereocenters. The fraction of sp³-hybridized carbons (Fsp3) is 0.625. The minimum absolute atomic E-state index is 0.262. The molecule has 0 saturated carbocycles. The number of nitrogens with one attached hydrogen (secondary N) is 1. The van der Waals surface area contributed by atoms with Crippen LogP contribution in [0.3, 0.4) is 0 Å². The van der Waals surface area contributed by atoms with Gasteiger partial charge in [-0.3, -0.25) is 0 Å². The average molecular weight is 299 g/mol. The van der Waals surface area contributed by atoms with E-state index >= 15 is 0 Å². The molecular formula is C16H26FNO3. The summed E-state index contributed by atoms with van der Waals surface area (Å²) in [6, 6.07) is 5.03. The van der Waals surface area contributed by atoms with Gasteiger partial charge in [-0.05, 0) is 31.5 Å². The van der Waals surface area contributed by atoms with Gasteiger partial charge >= 0.3 is 0 Å². The molecule has 0 bridgehead atoms. The maximum absolute atomic E-state index is 13.9. The van der Waals surface area contributed by atoms with E-state index < -0.39 is 0 Å². The largest absolute Gasteiger partial charge is 0.490 e. The van der Waals surface area contributed by atoms with Gasteiger partial charge < -0.3 is 19.5 Å². The van der Waals surface area contributed by atoms with Crippen molar-refractivity contribution in [1.82, 2.24) is 5.32 Å². The van der Waals surface area contributed by atoms with Crippen molar-refractivity contribution in [2.24, 2.45) is 0 Å². The first-order chi connectivity index (χ1) is 9.98. The number of methoxy groups -OCH3 is 2. The van der Waals surface area contributed by atoms with Crippen molar-refractivity contribution in [3.05, 3.63) is 29.6 Å². The van der Waals surface area contributed by atoms with Gasteiger partial charge in [0, 0.05) is 33.7 Å². The Kier molecular flexibility index (Phi) is 7.64. The third kappa shape index (κ3) is 6.89. The summed E-state index contributed by atoms with van der Waals surface area (Å²) in [6.45, 7) is 6.35. The monoisotopic (exact) mass is 299 g/mol. The van der Waals surface area contributed by atoms with Crippen molar-refractivity contribution in [3.8, 4) is 5.75 Å². The van der Waals surface area contributed by atoms with E-state index in [-0.39, 0.29) is 17.2 Å². The van der Waals surface area contributed by atoms with Crippen molar-refractivity contribution in [3.63, 3.8) is 0 Å². The van der Waals surface area contributed by atoms with Crippen LogP contribution >= 0.6 is 0 Å². The molecule has 0 aliphatic heterocycles. The first-order valence-corrected chi connectivity index (χ1v) is 7.14. The fourth-order valence-electron chi connectivity index (χ4n) is 1.69. The summed E-state index contributed by atoms with van der Waals surface area (Å²) in [6.07, 6.45) is 0.698. The molecule has 0 aliphatic rings. The van der Waals surface area contributed by atoms with Crippen LogP contribution in [0.25, 0.3) is 0 Å². The molecular weight excluding hydrogens is 273 g/mol. The first kappa shape index (κ1) is 17.9. The summed E-state index contributed by atoms with van der Waals surface area (Å²) in [4.78, 5) is 0. The number of rotatable bonds is 10. The molecule has 4 nitrogen and oxygen atoms in total. The van der Waals surface area contributed by atoms with Crippen LogP contribution in [0.4, 0.5) is 4.39 Å². The number of halogens is 1. The van der Waals surface area contributed by atoms with E-state index in [0.29, 0.717) is 26.2 Å². The first-order valence-electron chi connectivity index (χ1n) is 7.14. The predicted octanol–water partition coefficient (Wildman–Crippen LogP) is 2.76. The molecule has 0 radical (unpaired) electrons. The molecule has 0 aliphatic carbocycles. The Bertz CT molecular complexity index is 424. The summed E-state index contributed by atoms with van der Waals surface area (Å²) < 4.78 is 29.6. The molecule has 21 heavy (non-hydrogen) atoms. The van der Waals surface area contributed by atoms with Crippen molar-refractivity contribution in [2.45, 2.75) is 32.4 Å². The van der Waals surface area contributed by atoms with E-state index in [1.807, 2.05) is 19.9 Å². The maximum atomic E-state index is 13.9. The highest BCUT2D eigenvalue weighted by Crippen LogP contribution is 2.20. The van der Waals surface area contributed by atoms with Crippen molar-refractivity contribution < 1.29 is 18.6 Å². The van der Waals surface area contributed by atoms with Crippen LogP contribution in [0.15, 0.2) is 18.2 Å². The Hall–Kier alpha value is -1.17. The molecule has 0 amide bonds.